The Morgan fingerprint density at radius 3 is 2.88 bits per heavy atom. The fourth-order valence-electron chi connectivity index (χ4n) is 1.23. The van der Waals surface area contributed by atoms with Gasteiger partial charge in [-0.1, -0.05) is 0 Å². The van der Waals surface area contributed by atoms with Crippen LogP contribution in [-0.2, 0) is 11.3 Å². The molecule has 0 saturated heterocycles. The molecule has 0 spiro atoms. The van der Waals surface area contributed by atoms with Crippen LogP contribution in [0.1, 0.15) is 15.9 Å². The second-order valence-electron chi connectivity index (χ2n) is 3.30. The maximum Gasteiger partial charge on any atom is 0.341 e. The van der Waals surface area contributed by atoms with Gasteiger partial charge in [-0.15, -0.1) is 0 Å². The van der Waals surface area contributed by atoms with Crippen LogP contribution in [0.4, 0.5) is 0 Å². The Morgan fingerprint density at radius 2 is 2.29 bits per heavy atom. The number of nitrogens with zero attached hydrogens (tertiary/aromatic N) is 1. The fourth-order valence-corrected chi connectivity index (χ4v) is 1.23. The van der Waals surface area contributed by atoms with Crippen LogP contribution in [0.25, 0.3) is 0 Å². The highest BCUT2D eigenvalue weighted by atomic mass is 16.5. The van der Waals surface area contributed by atoms with Crippen molar-refractivity contribution in [2.75, 3.05) is 7.11 Å². The van der Waals surface area contributed by atoms with Crippen molar-refractivity contribution in [3.63, 3.8) is 0 Å². The average molecular weight is 233 g/mol. The van der Waals surface area contributed by atoms with E-state index in [1.54, 1.807) is 31.5 Å². The van der Waals surface area contributed by atoms with E-state index in [9.17, 15) is 4.79 Å². The van der Waals surface area contributed by atoms with Gasteiger partial charge in [0.1, 0.15) is 12.9 Å². The van der Waals surface area contributed by atoms with Gasteiger partial charge in [-0.2, -0.15) is 0 Å². The fraction of sp³-hybridized carbons (Fsp3) is 0.167. The van der Waals surface area contributed by atoms with Gasteiger partial charge >= 0.3 is 5.97 Å². The lowest BCUT2D eigenvalue weighted by Gasteiger charge is -2.03. The second kappa shape index (κ2) is 5.16. The minimum atomic E-state index is -0.422. The van der Waals surface area contributed by atoms with Gasteiger partial charge in [0.2, 0.25) is 5.88 Å². The molecule has 5 heteroatoms. The van der Waals surface area contributed by atoms with E-state index in [0.29, 0.717) is 11.4 Å². The molecule has 2 rings (SSSR count). The van der Waals surface area contributed by atoms with Crippen LogP contribution in [0, 0.1) is 0 Å². The van der Waals surface area contributed by atoms with Crippen molar-refractivity contribution < 1.29 is 18.7 Å². The molecule has 0 unspecified atom stereocenters. The van der Waals surface area contributed by atoms with E-state index in [2.05, 4.69) is 4.98 Å². The highest BCUT2D eigenvalue weighted by Gasteiger charge is 2.08. The molecule has 0 N–H and O–H groups in total. The van der Waals surface area contributed by atoms with Crippen molar-refractivity contribution in [1.82, 2.24) is 4.98 Å². The standard InChI is InChI=1S/C12H11NO4/c1-15-11-3-2-9(6-13-11)7-17-12(14)10-4-5-16-8-10/h2-6,8H,7H2,1H3. The number of ether oxygens (including phenoxy) is 2. The van der Waals surface area contributed by atoms with E-state index < -0.39 is 5.97 Å². The molecule has 0 aromatic carbocycles. The third-order valence-corrected chi connectivity index (χ3v) is 2.13. The Hall–Kier alpha value is -2.30. The summed E-state index contributed by atoms with van der Waals surface area (Å²) in [5.41, 5.74) is 1.19. The molecule has 0 saturated carbocycles. The van der Waals surface area contributed by atoms with Crippen LogP contribution < -0.4 is 4.74 Å². The van der Waals surface area contributed by atoms with Gasteiger partial charge in [0, 0.05) is 17.8 Å². The molecular weight excluding hydrogens is 222 g/mol. The van der Waals surface area contributed by atoms with Gasteiger partial charge in [-0.05, 0) is 12.1 Å². The molecule has 88 valence electrons. The summed E-state index contributed by atoms with van der Waals surface area (Å²) in [6, 6.07) is 5.05. The number of carbonyl (C=O) groups excluding carboxylic acids is 1. The minimum absolute atomic E-state index is 0.168. The van der Waals surface area contributed by atoms with E-state index in [1.165, 1.54) is 12.5 Å². The van der Waals surface area contributed by atoms with Crippen LogP contribution in [0.5, 0.6) is 5.88 Å². The third-order valence-electron chi connectivity index (χ3n) is 2.13. The van der Waals surface area contributed by atoms with Crippen molar-refractivity contribution in [2.45, 2.75) is 6.61 Å². The topological polar surface area (TPSA) is 61.6 Å². The van der Waals surface area contributed by atoms with Crippen LogP contribution in [0.2, 0.25) is 0 Å². The van der Waals surface area contributed by atoms with Crippen LogP contribution >= 0.6 is 0 Å². The maximum absolute atomic E-state index is 11.5. The van der Waals surface area contributed by atoms with Crippen LogP contribution in [-0.4, -0.2) is 18.1 Å². The Balaban J connectivity index is 1.91. The molecule has 2 aromatic rings. The highest BCUT2D eigenvalue weighted by molar-refractivity contribution is 5.88. The van der Waals surface area contributed by atoms with Gasteiger partial charge in [-0.25, -0.2) is 9.78 Å². The first-order valence-corrected chi connectivity index (χ1v) is 4.98. The van der Waals surface area contributed by atoms with Gasteiger partial charge in [0.05, 0.1) is 18.9 Å². The highest BCUT2D eigenvalue weighted by Crippen LogP contribution is 2.09. The molecule has 0 aliphatic rings. The molecule has 0 amide bonds. The number of rotatable bonds is 4. The summed E-state index contributed by atoms with van der Waals surface area (Å²) in [7, 11) is 1.54. The quantitative estimate of drug-likeness (QED) is 0.756. The first-order chi connectivity index (χ1) is 8.29. The number of hydrogen-bond acceptors (Lipinski definition) is 5. The molecule has 0 radical (unpaired) electrons. The zero-order valence-corrected chi connectivity index (χ0v) is 9.25. The molecule has 0 atom stereocenters. The lowest BCUT2D eigenvalue weighted by Crippen LogP contribution is -2.04. The predicted molar refractivity (Wildman–Crippen MR) is 58.6 cm³/mol. The number of pyridine rings is 1. The lowest BCUT2D eigenvalue weighted by atomic mass is 10.3. The molecule has 0 bridgehead atoms. The van der Waals surface area contributed by atoms with Crippen molar-refractivity contribution >= 4 is 5.97 Å². The molecule has 0 aliphatic carbocycles. The SMILES string of the molecule is COc1ccc(COC(=O)c2ccoc2)cn1. The van der Waals surface area contributed by atoms with Crippen molar-refractivity contribution in [1.29, 1.82) is 0 Å². The smallest absolute Gasteiger partial charge is 0.341 e. The molecule has 17 heavy (non-hydrogen) atoms. The number of esters is 1. The molecular formula is C12H11NO4. The van der Waals surface area contributed by atoms with E-state index in [1.807, 2.05) is 0 Å². The zero-order valence-electron chi connectivity index (χ0n) is 9.25. The van der Waals surface area contributed by atoms with Crippen molar-refractivity contribution in [3.05, 3.63) is 48.0 Å². The number of methoxy groups -OCH3 is 1. The summed E-state index contributed by atoms with van der Waals surface area (Å²) in [4.78, 5) is 15.5. The second-order valence-corrected chi connectivity index (χ2v) is 3.30. The number of aromatic nitrogens is 1. The Morgan fingerprint density at radius 1 is 1.41 bits per heavy atom. The summed E-state index contributed by atoms with van der Waals surface area (Å²) >= 11 is 0. The number of carbonyl (C=O) groups is 1. The largest absolute Gasteiger partial charge is 0.481 e. The Labute approximate surface area is 98.0 Å². The Bertz CT molecular complexity index is 476. The van der Waals surface area contributed by atoms with Gasteiger partial charge in [0.15, 0.2) is 0 Å². The summed E-state index contributed by atoms with van der Waals surface area (Å²) < 4.78 is 14.8. The van der Waals surface area contributed by atoms with Gasteiger partial charge in [0.25, 0.3) is 0 Å². The monoisotopic (exact) mass is 233 g/mol. The van der Waals surface area contributed by atoms with E-state index in [4.69, 9.17) is 13.9 Å². The lowest BCUT2D eigenvalue weighted by molar-refractivity contribution is 0.0471. The number of hydrogen-bond donors (Lipinski definition) is 0. The Kier molecular flexibility index (Phi) is 3.40. The van der Waals surface area contributed by atoms with E-state index in [0.717, 1.165) is 5.56 Å². The van der Waals surface area contributed by atoms with Crippen LogP contribution in [0.3, 0.4) is 0 Å². The molecule has 5 nitrogen and oxygen atoms in total. The van der Waals surface area contributed by atoms with E-state index >= 15 is 0 Å². The van der Waals surface area contributed by atoms with Gasteiger partial charge in [-0.3, -0.25) is 0 Å². The average Bonchev–Trinajstić information content (AvgIpc) is 2.90. The first kappa shape index (κ1) is 11.2. The van der Waals surface area contributed by atoms with Crippen LogP contribution in [0.15, 0.2) is 41.3 Å². The van der Waals surface area contributed by atoms with E-state index in [-0.39, 0.29) is 6.61 Å². The molecule has 2 aromatic heterocycles. The minimum Gasteiger partial charge on any atom is -0.481 e. The zero-order chi connectivity index (χ0) is 12.1. The summed E-state index contributed by atoms with van der Waals surface area (Å²) in [5.74, 6) is 0.101. The molecule has 2 heterocycles. The molecule has 0 fully saturated rings. The summed E-state index contributed by atoms with van der Waals surface area (Å²) in [6.07, 6.45) is 4.36. The normalized spacial score (nSPS) is 9.94. The predicted octanol–water partition coefficient (Wildman–Crippen LogP) is 2.04. The van der Waals surface area contributed by atoms with Gasteiger partial charge < -0.3 is 13.9 Å². The molecule has 0 aliphatic heterocycles. The first-order valence-electron chi connectivity index (χ1n) is 4.98. The number of furan rings is 1. The summed E-state index contributed by atoms with van der Waals surface area (Å²) in [6.45, 7) is 0.168. The third kappa shape index (κ3) is 2.84. The maximum atomic E-state index is 11.5. The summed E-state index contributed by atoms with van der Waals surface area (Å²) in [5, 5.41) is 0. The van der Waals surface area contributed by atoms with Crippen molar-refractivity contribution in [3.8, 4) is 5.88 Å². The van der Waals surface area contributed by atoms with Crippen molar-refractivity contribution in [2.24, 2.45) is 0 Å².